The first-order valence-corrected chi connectivity index (χ1v) is 8.59. The maximum absolute atomic E-state index is 12.8. The number of hydrogen-bond donors (Lipinski definition) is 2. The van der Waals surface area contributed by atoms with E-state index in [2.05, 4.69) is 12.3 Å². The van der Waals surface area contributed by atoms with Crippen LogP contribution in [0.2, 0.25) is 0 Å². The monoisotopic (exact) mass is 298 g/mol. The van der Waals surface area contributed by atoms with Crippen molar-refractivity contribution in [1.82, 2.24) is 5.43 Å². The van der Waals surface area contributed by atoms with Gasteiger partial charge < -0.3 is 0 Å². The smallest absolute Gasteiger partial charge is 0.123 e. The Morgan fingerprint density at radius 2 is 1.75 bits per heavy atom. The highest BCUT2D eigenvalue weighted by molar-refractivity contribution is 7.99. The van der Waals surface area contributed by atoms with Gasteiger partial charge in [0.05, 0.1) is 0 Å². The third kappa shape index (κ3) is 7.88. The average Bonchev–Trinajstić information content (AvgIpc) is 2.47. The van der Waals surface area contributed by atoms with Gasteiger partial charge in [0.1, 0.15) is 5.82 Å². The van der Waals surface area contributed by atoms with Crippen LogP contribution in [0, 0.1) is 5.82 Å². The van der Waals surface area contributed by atoms with Crippen molar-refractivity contribution < 1.29 is 4.39 Å². The molecule has 0 aromatic heterocycles. The quantitative estimate of drug-likeness (QED) is 0.273. The minimum atomic E-state index is -0.185. The van der Waals surface area contributed by atoms with Crippen LogP contribution in [0.15, 0.2) is 29.2 Å². The number of nitrogens with one attached hydrogen (secondary N) is 1. The summed E-state index contributed by atoms with van der Waals surface area (Å²) in [5.41, 5.74) is 2.89. The van der Waals surface area contributed by atoms with Crippen LogP contribution < -0.4 is 11.3 Å². The number of hydrogen-bond acceptors (Lipinski definition) is 3. The molecule has 2 nitrogen and oxygen atoms in total. The summed E-state index contributed by atoms with van der Waals surface area (Å²) in [5, 5.41) is 0. The Balaban J connectivity index is 2.14. The van der Waals surface area contributed by atoms with Crippen molar-refractivity contribution in [3.05, 3.63) is 30.1 Å². The van der Waals surface area contributed by atoms with E-state index in [9.17, 15) is 4.39 Å². The van der Waals surface area contributed by atoms with Crippen LogP contribution in [0.3, 0.4) is 0 Å². The molecule has 0 aliphatic heterocycles. The molecule has 1 rings (SSSR count). The van der Waals surface area contributed by atoms with Crippen molar-refractivity contribution in [3.63, 3.8) is 0 Å². The number of nitrogens with two attached hydrogens (primary N) is 1. The zero-order valence-electron chi connectivity index (χ0n) is 12.4. The van der Waals surface area contributed by atoms with Gasteiger partial charge in [-0.15, -0.1) is 11.8 Å². The fraction of sp³-hybridized carbons (Fsp3) is 0.625. The Kier molecular flexibility index (Phi) is 9.71. The van der Waals surface area contributed by atoms with E-state index >= 15 is 0 Å². The van der Waals surface area contributed by atoms with Crippen LogP contribution in [0.5, 0.6) is 0 Å². The fourth-order valence-electron chi connectivity index (χ4n) is 2.11. The Bertz CT molecular complexity index is 343. The summed E-state index contributed by atoms with van der Waals surface area (Å²) in [6, 6.07) is 6.97. The van der Waals surface area contributed by atoms with Crippen LogP contribution in [0.1, 0.15) is 51.9 Å². The first-order chi connectivity index (χ1) is 9.76. The largest absolute Gasteiger partial charge is 0.271 e. The Labute approximate surface area is 126 Å². The number of rotatable bonds is 11. The van der Waals surface area contributed by atoms with E-state index in [0.717, 1.165) is 17.1 Å². The molecule has 0 amide bonds. The summed E-state index contributed by atoms with van der Waals surface area (Å²) in [5.74, 6) is 6.34. The molecular formula is C16H27FN2S. The van der Waals surface area contributed by atoms with Crippen LogP contribution in [0.4, 0.5) is 4.39 Å². The molecule has 0 heterocycles. The maximum Gasteiger partial charge on any atom is 0.123 e. The summed E-state index contributed by atoms with van der Waals surface area (Å²) in [4.78, 5) is 1.09. The number of unbranched alkanes of at least 4 members (excludes halogenated alkanes) is 5. The summed E-state index contributed by atoms with van der Waals surface area (Å²) in [6.07, 6.45) is 8.94. The molecule has 1 unspecified atom stereocenters. The van der Waals surface area contributed by atoms with Gasteiger partial charge in [-0.2, -0.15) is 0 Å². The molecule has 3 N–H and O–H groups in total. The van der Waals surface area contributed by atoms with Crippen molar-refractivity contribution >= 4 is 11.8 Å². The fourth-order valence-corrected chi connectivity index (χ4v) is 3.10. The SMILES string of the molecule is CCCCCCCCC(CSc1ccc(F)cc1)NN. The number of halogens is 1. The van der Waals surface area contributed by atoms with Crippen molar-refractivity contribution in [2.75, 3.05) is 5.75 Å². The normalized spacial score (nSPS) is 12.6. The van der Waals surface area contributed by atoms with E-state index < -0.39 is 0 Å². The second-order valence-corrected chi connectivity index (χ2v) is 6.28. The molecule has 0 saturated heterocycles. The third-order valence-corrected chi connectivity index (χ3v) is 4.58. The summed E-state index contributed by atoms with van der Waals surface area (Å²) >= 11 is 1.72. The average molecular weight is 298 g/mol. The summed E-state index contributed by atoms with van der Waals surface area (Å²) in [6.45, 7) is 2.24. The highest BCUT2D eigenvalue weighted by atomic mass is 32.2. The van der Waals surface area contributed by atoms with Crippen molar-refractivity contribution in [3.8, 4) is 0 Å². The lowest BCUT2D eigenvalue weighted by Gasteiger charge is -2.15. The topological polar surface area (TPSA) is 38.0 Å². The van der Waals surface area contributed by atoms with E-state index in [-0.39, 0.29) is 5.82 Å². The molecule has 114 valence electrons. The summed E-state index contributed by atoms with van der Waals surface area (Å²) < 4.78 is 12.8. The van der Waals surface area contributed by atoms with Gasteiger partial charge in [0, 0.05) is 16.7 Å². The zero-order valence-corrected chi connectivity index (χ0v) is 13.2. The van der Waals surface area contributed by atoms with E-state index in [0.29, 0.717) is 6.04 Å². The minimum absolute atomic E-state index is 0.185. The van der Waals surface area contributed by atoms with Crippen molar-refractivity contribution in [2.45, 2.75) is 62.8 Å². The standard InChI is InChI=1S/C16H27FN2S/c1-2-3-4-5-6-7-8-15(19-18)13-20-16-11-9-14(17)10-12-16/h9-12,15,19H,2-8,13,18H2,1H3. The second kappa shape index (κ2) is 11.1. The lowest BCUT2D eigenvalue weighted by atomic mass is 10.1. The van der Waals surface area contributed by atoms with Gasteiger partial charge in [-0.3, -0.25) is 11.3 Å². The lowest BCUT2D eigenvalue weighted by molar-refractivity contribution is 0.494. The van der Waals surface area contributed by atoms with Crippen LogP contribution >= 0.6 is 11.8 Å². The third-order valence-electron chi connectivity index (χ3n) is 3.41. The predicted molar refractivity (Wildman–Crippen MR) is 86.2 cm³/mol. The lowest BCUT2D eigenvalue weighted by Crippen LogP contribution is -2.36. The molecule has 4 heteroatoms. The number of thioether (sulfide) groups is 1. The Morgan fingerprint density at radius 3 is 2.40 bits per heavy atom. The van der Waals surface area contributed by atoms with Gasteiger partial charge in [-0.05, 0) is 30.7 Å². The van der Waals surface area contributed by atoms with Gasteiger partial charge in [0.15, 0.2) is 0 Å². The molecule has 0 aliphatic carbocycles. The maximum atomic E-state index is 12.8. The molecule has 20 heavy (non-hydrogen) atoms. The minimum Gasteiger partial charge on any atom is -0.271 e. The molecule has 1 aromatic rings. The van der Waals surface area contributed by atoms with Crippen LogP contribution in [-0.2, 0) is 0 Å². The van der Waals surface area contributed by atoms with Gasteiger partial charge >= 0.3 is 0 Å². The molecule has 1 aromatic carbocycles. The second-order valence-electron chi connectivity index (χ2n) is 5.18. The predicted octanol–water partition coefficient (Wildman–Crippen LogP) is 4.50. The Morgan fingerprint density at radius 1 is 1.10 bits per heavy atom. The number of hydrazine groups is 1. The van der Waals surface area contributed by atoms with Gasteiger partial charge in [0.25, 0.3) is 0 Å². The number of benzene rings is 1. The molecule has 0 fully saturated rings. The molecule has 0 saturated carbocycles. The van der Waals surface area contributed by atoms with Gasteiger partial charge in [-0.25, -0.2) is 4.39 Å². The highest BCUT2D eigenvalue weighted by Crippen LogP contribution is 2.20. The van der Waals surface area contributed by atoms with E-state index in [1.54, 1.807) is 11.8 Å². The molecule has 0 radical (unpaired) electrons. The van der Waals surface area contributed by atoms with Crippen LogP contribution in [0.25, 0.3) is 0 Å². The zero-order chi connectivity index (χ0) is 14.6. The van der Waals surface area contributed by atoms with Crippen LogP contribution in [-0.4, -0.2) is 11.8 Å². The van der Waals surface area contributed by atoms with Crippen molar-refractivity contribution in [2.24, 2.45) is 5.84 Å². The first kappa shape index (κ1) is 17.5. The van der Waals surface area contributed by atoms with E-state index in [1.807, 2.05) is 12.1 Å². The van der Waals surface area contributed by atoms with Gasteiger partial charge in [0.2, 0.25) is 0 Å². The van der Waals surface area contributed by atoms with Gasteiger partial charge in [-0.1, -0.05) is 45.4 Å². The summed E-state index contributed by atoms with van der Waals surface area (Å²) in [7, 11) is 0. The molecule has 0 aliphatic rings. The van der Waals surface area contributed by atoms with E-state index in [4.69, 9.17) is 5.84 Å². The molecular weight excluding hydrogens is 271 g/mol. The van der Waals surface area contributed by atoms with Crippen molar-refractivity contribution in [1.29, 1.82) is 0 Å². The molecule has 0 bridgehead atoms. The molecule has 0 spiro atoms. The van der Waals surface area contributed by atoms with E-state index in [1.165, 1.54) is 50.7 Å². The molecule has 1 atom stereocenters. The highest BCUT2D eigenvalue weighted by Gasteiger charge is 2.07. The first-order valence-electron chi connectivity index (χ1n) is 7.60. The Hall–Kier alpha value is -0.580.